The van der Waals surface area contributed by atoms with E-state index < -0.39 is 0 Å². The Hall–Kier alpha value is -2.41. The molecule has 6 nitrogen and oxygen atoms in total. The van der Waals surface area contributed by atoms with Crippen LogP contribution in [0.5, 0.6) is 0 Å². The van der Waals surface area contributed by atoms with E-state index in [4.69, 9.17) is 0 Å². The van der Waals surface area contributed by atoms with Crippen molar-refractivity contribution in [2.45, 2.75) is 13.3 Å². The van der Waals surface area contributed by atoms with Gasteiger partial charge in [-0.2, -0.15) is 0 Å². The molecule has 3 rings (SSSR count). The van der Waals surface area contributed by atoms with Crippen molar-refractivity contribution in [2.75, 3.05) is 6.54 Å². The number of nitrogens with zero attached hydrogens (tertiary/aromatic N) is 2. The van der Waals surface area contributed by atoms with E-state index in [1.807, 2.05) is 18.4 Å². The number of H-pyrrole nitrogens is 2. The van der Waals surface area contributed by atoms with Gasteiger partial charge in [-0.1, -0.05) is 0 Å². The minimum atomic E-state index is -0.125. The number of nitrogens with one attached hydrogen (secondary N) is 3. The van der Waals surface area contributed by atoms with Gasteiger partial charge in [-0.25, -0.2) is 9.97 Å². The van der Waals surface area contributed by atoms with Crippen molar-refractivity contribution in [2.24, 2.45) is 0 Å². The molecule has 0 atom stereocenters. The summed E-state index contributed by atoms with van der Waals surface area (Å²) in [4.78, 5) is 26.5. The molecule has 0 aliphatic heterocycles. The summed E-state index contributed by atoms with van der Waals surface area (Å²) in [5, 5.41) is 5.85. The van der Waals surface area contributed by atoms with Crippen molar-refractivity contribution in [1.82, 2.24) is 25.3 Å². The number of hydrogen-bond acceptors (Lipinski definition) is 4. The maximum absolute atomic E-state index is 12.0. The fourth-order valence-corrected chi connectivity index (χ4v) is 2.62. The highest BCUT2D eigenvalue weighted by atomic mass is 32.1. The zero-order chi connectivity index (χ0) is 14.7. The first kappa shape index (κ1) is 13.6. The number of aryl methyl sites for hydroxylation is 1. The summed E-state index contributed by atoms with van der Waals surface area (Å²) in [6.45, 7) is 2.50. The number of rotatable bonds is 5. The first-order valence-electron chi connectivity index (χ1n) is 6.60. The van der Waals surface area contributed by atoms with Crippen LogP contribution in [0.4, 0.5) is 0 Å². The molecule has 21 heavy (non-hydrogen) atoms. The normalized spacial score (nSPS) is 10.7. The molecule has 0 bridgehead atoms. The Kier molecular flexibility index (Phi) is 3.83. The van der Waals surface area contributed by atoms with Gasteiger partial charge in [0.1, 0.15) is 11.5 Å². The van der Waals surface area contributed by atoms with E-state index in [0.29, 0.717) is 18.7 Å². The zero-order valence-corrected chi connectivity index (χ0v) is 12.3. The van der Waals surface area contributed by atoms with Crippen LogP contribution in [0.2, 0.25) is 0 Å². The maximum atomic E-state index is 12.0. The molecule has 3 heterocycles. The molecule has 0 fully saturated rings. The summed E-state index contributed by atoms with van der Waals surface area (Å²) in [6, 6.07) is 1.82. The van der Waals surface area contributed by atoms with E-state index in [1.54, 1.807) is 29.9 Å². The largest absolute Gasteiger partial charge is 0.357 e. The Morgan fingerprint density at radius 2 is 2.33 bits per heavy atom. The lowest BCUT2D eigenvalue weighted by molar-refractivity contribution is 0.0949. The molecule has 1 amide bonds. The Morgan fingerprint density at radius 3 is 3.05 bits per heavy atom. The molecule has 0 aliphatic rings. The Morgan fingerprint density at radius 1 is 1.43 bits per heavy atom. The van der Waals surface area contributed by atoms with E-state index in [1.165, 1.54) is 0 Å². The summed E-state index contributed by atoms with van der Waals surface area (Å²) in [7, 11) is 0. The molecule has 3 aromatic heterocycles. The first-order valence-corrected chi connectivity index (χ1v) is 7.48. The molecular weight excluding hydrogens is 286 g/mol. The van der Waals surface area contributed by atoms with E-state index >= 15 is 0 Å². The molecular formula is C14H15N5OS. The highest BCUT2D eigenvalue weighted by molar-refractivity contribution is 7.09. The molecule has 0 aromatic carbocycles. The summed E-state index contributed by atoms with van der Waals surface area (Å²) < 4.78 is 0. The lowest BCUT2D eigenvalue weighted by Gasteiger charge is -2.01. The average Bonchev–Trinajstić information content (AvgIpc) is 3.19. The number of imidazole rings is 1. The van der Waals surface area contributed by atoms with Crippen LogP contribution in [-0.2, 0) is 6.42 Å². The second-order valence-corrected chi connectivity index (χ2v) is 5.66. The van der Waals surface area contributed by atoms with Gasteiger partial charge in [-0.05, 0) is 13.0 Å². The Balaban J connectivity index is 1.59. The fraction of sp³-hybridized carbons (Fsp3) is 0.214. The van der Waals surface area contributed by atoms with E-state index in [9.17, 15) is 4.79 Å². The minimum Gasteiger partial charge on any atom is -0.357 e. The number of carbonyl (C=O) groups is 1. The molecule has 0 saturated heterocycles. The minimum absolute atomic E-state index is 0.125. The van der Waals surface area contributed by atoms with Gasteiger partial charge in [0.25, 0.3) is 5.91 Å². The second kappa shape index (κ2) is 5.92. The molecule has 7 heteroatoms. The lowest BCUT2D eigenvalue weighted by atomic mass is 10.2. The standard InChI is InChI=1S/C14H15N5OS/c1-9-19-12(8-21-9)10-6-11(18-7-10)14(20)17-3-2-13-15-4-5-16-13/h4-8,18H,2-3H2,1H3,(H,15,16)(H,17,20). The predicted molar refractivity (Wildman–Crippen MR) is 81.3 cm³/mol. The summed E-state index contributed by atoms with van der Waals surface area (Å²) in [5.74, 6) is 0.736. The number of thiazole rings is 1. The second-order valence-electron chi connectivity index (χ2n) is 4.60. The van der Waals surface area contributed by atoms with Crippen LogP contribution in [0.3, 0.4) is 0 Å². The molecule has 0 unspecified atom stereocenters. The summed E-state index contributed by atoms with van der Waals surface area (Å²) in [6.07, 6.45) is 5.95. The first-order chi connectivity index (χ1) is 10.2. The van der Waals surface area contributed by atoms with Crippen LogP contribution in [0.25, 0.3) is 11.3 Å². The van der Waals surface area contributed by atoms with Gasteiger partial charge in [0.15, 0.2) is 0 Å². The SMILES string of the molecule is Cc1nc(-c2c[nH]c(C(=O)NCCc3ncc[nH]3)c2)cs1. The molecule has 108 valence electrons. The third-order valence-corrected chi connectivity index (χ3v) is 3.82. The Bertz CT molecular complexity index is 728. The van der Waals surface area contributed by atoms with Crippen molar-refractivity contribution in [3.63, 3.8) is 0 Å². The zero-order valence-electron chi connectivity index (χ0n) is 11.5. The van der Waals surface area contributed by atoms with Gasteiger partial charge in [-0.15, -0.1) is 11.3 Å². The highest BCUT2D eigenvalue weighted by Crippen LogP contribution is 2.22. The smallest absolute Gasteiger partial charge is 0.267 e. The monoisotopic (exact) mass is 301 g/mol. The number of carbonyl (C=O) groups excluding carboxylic acids is 1. The Labute approximate surface area is 125 Å². The van der Waals surface area contributed by atoms with E-state index in [-0.39, 0.29) is 5.91 Å². The topological polar surface area (TPSA) is 86.5 Å². The molecule has 0 aliphatic carbocycles. The lowest BCUT2D eigenvalue weighted by Crippen LogP contribution is -2.26. The molecule has 0 spiro atoms. The highest BCUT2D eigenvalue weighted by Gasteiger charge is 2.10. The predicted octanol–water partition coefficient (Wildman–Crippen LogP) is 2.14. The molecule has 0 saturated carbocycles. The van der Waals surface area contributed by atoms with Crippen molar-refractivity contribution in [1.29, 1.82) is 0 Å². The average molecular weight is 301 g/mol. The van der Waals surface area contributed by atoms with E-state index in [0.717, 1.165) is 22.1 Å². The van der Waals surface area contributed by atoms with Crippen molar-refractivity contribution >= 4 is 17.2 Å². The van der Waals surface area contributed by atoms with E-state index in [2.05, 4.69) is 25.3 Å². The van der Waals surface area contributed by atoms with Gasteiger partial charge in [0.2, 0.25) is 0 Å². The number of amides is 1. The van der Waals surface area contributed by atoms with Crippen LogP contribution < -0.4 is 5.32 Å². The maximum Gasteiger partial charge on any atom is 0.267 e. The van der Waals surface area contributed by atoms with Gasteiger partial charge in [0.05, 0.1) is 10.7 Å². The molecule has 3 N–H and O–H groups in total. The number of hydrogen-bond donors (Lipinski definition) is 3. The van der Waals surface area contributed by atoms with Gasteiger partial charge < -0.3 is 15.3 Å². The van der Waals surface area contributed by atoms with Crippen LogP contribution in [-0.4, -0.2) is 32.4 Å². The van der Waals surface area contributed by atoms with Crippen molar-refractivity contribution in [3.05, 3.63) is 46.6 Å². The third-order valence-electron chi connectivity index (χ3n) is 3.04. The quantitative estimate of drug-likeness (QED) is 0.675. The molecule has 3 aromatic rings. The van der Waals surface area contributed by atoms with Gasteiger partial charge in [0, 0.05) is 42.5 Å². The van der Waals surface area contributed by atoms with Crippen molar-refractivity contribution < 1.29 is 4.79 Å². The summed E-state index contributed by atoms with van der Waals surface area (Å²) in [5.41, 5.74) is 2.36. The van der Waals surface area contributed by atoms with Crippen LogP contribution in [0.15, 0.2) is 30.0 Å². The fourth-order valence-electron chi connectivity index (χ4n) is 1.99. The molecule has 0 radical (unpaired) electrons. The van der Waals surface area contributed by atoms with Gasteiger partial charge >= 0.3 is 0 Å². The van der Waals surface area contributed by atoms with Crippen LogP contribution in [0, 0.1) is 6.92 Å². The number of aromatic amines is 2. The van der Waals surface area contributed by atoms with Gasteiger partial charge in [-0.3, -0.25) is 4.79 Å². The van der Waals surface area contributed by atoms with Crippen molar-refractivity contribution in [3.8, 4) is 11.3 Å². The summed E-state index contributed by atoms with van der Waals surface area (Å²) >= 11 is 1.59. The van der Waals surface area contributed by atoms with Crippen LogP contribution in [0.1, 0.15) is 21.3 Å². The van der Waals surface area contributed by atoms with Crippen LogP contribution >= 0.6 is 11.3 Å². The third kappa shape index (κ3) is 3.19. The number of aromatic nitrogens is 4.